The molecule has 1 aliphatic carbocycles. The van der Waals surface area contributed by atoms with Gasteiger partial charge in [0.1, 0.15) is 12.0 Å². The largest absolute Gasteiger partial charge is 0.380 e. The number of halogens is 1. The SMILES string of the molecule is CN1Cc2cc(Nc3ncccc3C(N)=O)cc(NC3CCCCC3N)c2C(F)C1. The molecule has 1 amide bonds. The third-order valence-corrected chi connectivity index (χ3v) is 5.99. The van der Waals surface area contributed by atoms with Crippen LogP contribution in [0.3, 0.4) is 0 Å². The van der Waals surface area contributed by atoms with Gasteiger partial charge < -0.3 is 22.1 Å². The zero-order chi connectivity index (χ0) is 21.3. The van der Waals surface area contributed by atoms with E-state index in [4.69, 9.17) is 11.5 Å². The highest BCUT2D eigenvalue weighted by molar-refractivity contribution is 5.98. The Hall–Kier alpha value is -2.71. The number of fused-ring (bicyclic) bond motifs is 1. The minimum absolute atomic E-state index is 0.0487. The van der Waals surface area contributed by atoms with Crippen LogP contribution in [-0.2, 0) is 6.54 Å². The molecule has 2 heterocycles. The van der Waals surface area contributed by atoms with Gasteiger partial charge in [0, 0.05) is 48.3 Å². The van der Waals surface area contributed by atoms with Crippen molar-refractivity contribution in [3.8, 4) is 0 Å². The first kappa shape index (κ1) is 20.6. The molecule has 4 rings (SSSR count). The number of hydrogen-bond donors (Lipinski definition) is 4. The predicted molar refractivity (Wildman–Crippen MR) is 117 cm³/mol. The van der Waals surface area contributed by atoms with E-state index < -0.39 is 12.1 Å². The molecule has 1 aromatic carbocycles. The van der Waals surface area contributed by atoms with Crippen LogP contribution >= 0.6 is 0 Å². The Labute approximate surface area is 176 Å². The van der Waals surface area contributed by atoms with Crippen LogP contribution < -0.4 is 22.1 Å². The van der Waals surface area contributed by atoms with E-state index in [2.05, 4.69) is 15.6 Å². The summed E-state index contributed by atoms with van der Waals surface area (Å²) in [4.78, 5) is 18.0. The highest BCUT2D eigenvalue weighted by atomic mass is 19.1. The quantitative estimate of drug-likeness (QED) is 0.601. The summed E-state index contributed by atoms with van der Waals surface area (Å²) >= 11 is 0. The number of carbonyl (C=O) groups is 1. The highest BCUT2D eigenvalue weighted by Crippen LogP contribution is 2.39. The molecule has 160 valence electrons. The summed E-state index contributed by atoms with van der Waals surface area (Å²) in [6, 6.07) is 7.26. The van der Waals surface area contributed by atoms with E-state index >= 15 is 4.39 Å². The number of carbonyl (C=O) groups excluding carboxylic acids is 1. The van der Waals surface area contributed by atoms with Crippen molar-refractivity contribution in [1.82, 2.24) is 9.88 Å². The average Bonchev–Trinajstić information content (AvgIpc) is 2.69. The molecule has 1 aliphatic heterocycles. The molecule has 2 aromatic rings. The third-order valence-electron chi connectivity index (χ3n) is 5.99. The van der Waals surface area contributed by atoms with Crippen molar-refractivity contribution in [3.63, 3.8) is 0 Å². The second-order valence-corrected chi connectivity index (χ2v) is 8.35. The van der Waals surface area contributed by atoms with E-state index in [-0.39, 0.29) is 12.1 Å². The lowest BCUT2D eigenvalue weighted by atomic mass is 9.89. The van der Waals surface area contributed by atoms with Gasteiger partial charge in [-0.15, -0.1) is 0 Å². The molecule has 1 saturated carbocycles. The van der Waals surface area contributed by atoms with Crippen molar-refractivity contribution < 1.29 is 9.18 Å². The van der Waals surface area contributed by atoms with Crippen molar-refractivity contribution in [2.75, 3.05) is 24.2 Å². The Kier molecular flexibility index (Phi) is 5.87. The Morgan fingerprint density at radius 3 is 2.87 bits per heavy atom. The lowest BCUT2D eigenvalue weighted by molar-refractivity contribution is 0.100. The van der Waals surface area contributed by atoms with Gasteiger partial charge in [-0.1, -0.05) is 12.8 Å². The van der Waals surface area contributed by atoms with Crippen molar-refractivity contribution in [2.45, 2.75) is 50.5 Å². The van der Waals surface area contributed by atoms with Gasteiger partial charge in [0.05, 0.1) is 5.56 Å². The first-order chi connectivity index (χ1) is 14.4. The highest BCUT2D eigenvalue weighted by Gasteiger charge is 2.29. The van der Waals surface area contributed by atoms with Crippen molar-refractivity contribution in [1.29, 1.82) is 0 Å². The van der Waals surface area contributed by atoms with E-state index in [0.717, 1.165) is 42.6 Å². The molecule has 1 aromatic heterocycles. The molecule has 0 radical (unpaired) electrons. The van der Waals surface area contributed by atoms with Crippen molar-refractivity contribution >= 4 is 23.1 Å². The second-order valence-electron chi connectivity index (χ2n) is 8.35. The van der Waals surface area contributed by atoms with Crippen LogP contribution in [0.2, 0.25) is 0 Å². The first-order valence-corrected chi connectivity index (χ1v) is 10.5. The third kappa shape index (κ3) is 4.24. The van der Waals surface area contributed by atoms with Gasteiger partial charge >= 0.3 is 0 Å². The van der Waals surface area contributed by atoms with Crippen LogP contribution in [0, 0.1) is 0 Å². The van der Waals surface area contributed by atoms with E-state index in [1.807, 2.05) is 24.1 Å². The van der Waals surface area contributed by atoms with Crippen LogP contribution in [-0.4, -0.2) is 41.5 Å². The monoisotopic (exact) mass is 412 g/mol. The van der Waals surface area contributed by atoms with E-state index in [9.17, 15) is 4.79 Å². The summed E-state index contributed by atoms with van der Waals surface area (Å²) in [5, 5.41) is 6.73. The predicted octanol–water partition coefficient (Wildman–Crippen LogP) is 3.06. The molecule has 30 heavy (non-hydrogen) atoms. The van der Waals surface area contributed by atoms with Gasteiger partial charge in [-0.2, -0.15) is 0 Å². The van der Waals surface area contributed by atoms with Crippen LogP contribution in [0.4, 0.5) is 21.6 Å². The van der Waals surface area contributed by atoms with Crippen LogP contribution in [0.15, 0.2) is 30.5 Å². The van der Waals surface area contributed by atoms with E-state index in [1.54, 1.807) is 18.3 Å². The van der Waals surface area contributed by atoms with Gasteiger partial charge in [0.2, 0.25) is 0 Å². The minimum atomic E-state index is -1.08. The molecule has 0 spiro atoms. The molecular weight excluding hydrogens is 383 g/mol. The molecule has 2 aliphatic rings. The Morgan fingerprint density at radius 2 is 2.10 bits per heavy atom. The Morgan fingerprint density at radius 1 is 1.30 bits per heavy atom. The Bertz CT molecular complexity index is 936. The smallest absolute Gasteiger partial charge is 0.252 e. The molecule has 0 bridgehead atoms. The standard InChI is InChI=1S/C22H29FN6O/c1-29-11-13-9-14(27-22-15(21(25)30)5-4-8-26-22)10-19(20(13)16(23)12-29)28-18-7-3-2-6-17(18)24/h4-5,8-10,16-18,28H,2-3,6-7,11-12,24H2,1H3,(H2,25,30)(H,26,27). The summed E-state index contributed by atoms with van der Waals surface area (Å²) in [6.45, 7) is 0.999. The summed E-state index contributed by atoms with van der Waals surface area (Å²) in [6.07, 6.45) is 4.70. The lowest BCUT2D eigenvalue weighted by Gasteiger charge is -2.34. The first-order valence-electron chi connectivity index (χ1n) is 10.5. The summed E-state index contributed by atoms with van der Waals surface area (Å²) < 4.78 is 15.1. The molecule has 7 nitrogen and oxygen atoms in total. The maximum Gasteiger partial charge on any atom is 0.252 e. The maximum absolute atomic E-state index is 15.1. The number of amides is 1. The van der Waals surface area contributed by atoms with Crippen LogP contribution in [0.1, 0.15) is 53.3 Å². The second kappa shape index (κ2) is 8.57. The average molecular weight is 413 g/mol. The number of nitrogens with two attached hydrogens (primary N) is 2. The zero-order valence-electron chi connectivity index (χ0n) is 17.2. The van der Waals surface area contributed by atoms with Crippen LogP contribution in [0.25, 0.3) is 0 Å². The molecule has 6 N–H and O–H groups in total. The van der Waals surface area contributed by atoms with Gasteiger partial charge in [-0.25, -0.2) is 9.37 Å². The summed E-state index contributed by atoms with van der Waals surface area (Å²) in [5.41, 5.74) is 15.2. The van der Waals surface area contributed by atoms with E-state index in [0.29, 0.717) is 30.0 Å². The normalized spacial score (nSPS) is 24.2. The summed E-state index contributed by atoms with van der Waals surface area (Å²) in [5.74, 6) is -0.176. The topological polar surface area (TPSA) is 109 Å². The van der Waals surface area contributed by atoms with Crippen molar-refractivity contribution in [3.05, 3.63) is 47.2 Å². The fourth-order valence-corrected chi connectivity index (χ4v) is 4.50. The van der Waals surface area contributed by atoms with Gasteiger partial charge in [0.15, 0.2) is 0 Å². The number of rotatable bonds is 5. The zero-order valence-corrected chi connectivity index (χ0v) is 17.2. The molecule has 1 fully saturated rings. The van der Waals surface area contributed by atoms with Gasteiger partial charge in [-0.3, -0.25) is 9.69 Å². The number of aromatic nitrogens is 1. The summed E-state index contributed by atoms with van der Waals surface area (Å²) in [7, 11) is 1.91. The number of benzene rings is 1. The lowest BCUT2D eigenvalue weighted by Crippen LogP contribution is -2.43. The molecule has 3 atom stereocenters. The number of likely N-dealkylation sites (N-methyl/N-ethyl adjacent to an activating group) is 1. The molecular formula is C22H29FN6O. The maximum atomic E-state index is 15.1. The van der Waals surface area contributed by atoms with Gasteiger partial charge in [0.25, 0.3) is 5.91 Å². The number of anilines is 3. The molecule has 8 heteroatoms. The Balaban J connectivity index is 1.72. The number of nitrogens with one attached hydrogen (secondary N) is 2. The van der Waals surface area contributed by atoms with E-state index in [1.165, 1.54) is 0 Å². The fourth-order valence-electron chi connectivity index (χ4n) is 4.50. The molecule has 0 saturated heterocycles. The number of pyridine rings is 1. The number of primary amides is 1. The number of hydrogen-bond acceptors (Lipinski definition) is 6. The molecule has 3 unspecified atom stereocenters. The fraction of sp³-hybridized carbons (Fsp3) is 0.455. The van der Waals surface area contributed by atoms with Crippen LogP contribution in [0.5, 0.6) is 0 Å². The van der Waals surface area contributed by atoms with Gasteiger partial charge in [-0.05, 0) is 49.7 Å². The number of nitrogens with zero attached hydrogens (tertiary/aromatic N) is 2. The number of alkyl halides is 1. The van der Waals surface area contributed by atoms with Crippen molar-refractivity contribution in [2.24, 2.45) is 11.5 Å². The minimum Gasteiger partial charge on any atom is -0.380 e.